The summed E-state index contributed by atoms with van der Waals surface area (Å²) >= 11 is 0. The van der Waals surface area contributed by atoms with Gasteiger partial charge in [-0.3, -0.25) is 10.1 Å². The topological polar surface area (TPSA) is 90.4 Å². The van der Waals surface area contributed by atoms with Crippen LogP contribution in [0.5, 0.6) is 5.75 Å². The van der Waals surface area contributed by atoms with Crippen molar-refractivity contribution in [2.45, 2.75) is 18.9 Å². The number of hydrogen-bond donors (Lipinski definition) is 2. The fraction of sp³-hybridized carbons (Fsp3) is 0.250. The zero-order chi connectivity index (χ0) is 15.7. The first-order valence-electron chi connectivity index (χ1n) is 7.08. The molecule has 0 spiro atoms. The summed E-state index contributed by atoms with van der Waals surface area (Å²) in [5.41, 5.74) is 7.81. The number of rotatable bonds is 4. The highest BCUT2D eigenvalue weighted by Crippen LogP contribution is 2.37. The number of anilines is 2. The van der Waals surface area contributed by atoms with E-state index in [9.17, 15) is 10.1 Å². The molecule has 22 heavy (non-hydrogen) atoms. The summed E-state index contributed by atoms with van der Waals surface area (Å²) < 4.78 is 5.67. The molecular formula is C16H17N3O3. The number of ether oxygens (including phenoxy) is 1. The Hall–Kier alpha value is -2.76. The van der Waals surface area contributed by atoms with Crippen LogP contribution in [0.4, 0.5) is 17.1 Å². The largest absolute Gasteiger partial charge is 0.493 e. The second-order valence-corrected chi connectivity index (χ2v) is 5.42. The third-order valence-electron chi connectivity index (χ3n) is 3.94. The van der Waals surface area contributed by atoms with E-state index in [1.807, 2.05) is 31.2 Å². The lowest BCUT2D eigenvalue weighted by atomic mass is 9.94. The monoisotopic (exact) mass is 299 g/mol. The molecule has 0 saturated heterocycles. The Morgan fingerprint density at radius 1 is 1.36 bits per heavy atom. The molecule has 6 nitrogen and oxygen atoms in total. The average molecular weight is 299 g/mol. The van der Waals surface area contributed by atoms with Crippen LogP contribution >= 0.6 is 0 Å². The van der Waals surface area contributed by atoms with Crippen molar-refractivity contribution in [3.8, 4) is 5.75 Å². The van der Waals surface area contributed by atoms with Gasteiger partial charge in [0.2, 0.25) is 0 Å². The van der Waals surface area contributed by atoms with Crippen LogP contribution in [-0.4, -0.2) is 17.6 Å². The molecule has 0 amide bonds. The van der Waals surface area contributed by atoms with Crippen LogP contribution in [0.15, 0.2) is 42.5 Å². The zero-order valence-electron chi connectivity index (χ0n) is 12.2. The summed E-state index contributed by atoms with van der Waals surface area (Å²) in [7, 11) is 0. The standard InChI is InChI=1S/C16H17N3O3/c1-10(13-9-22-16-5-3-2-4-12(13)16)18-14-8-11(17)6-7-15(14)19(20)21/h2-8,10,13,18H,9,17H2,1H3/t10-,13-/m0/s1. The average Bonchev–Trinajstić information content (AvgIpc) is 2.91. The molecule has 2 aromatic rings. The van der Waals surface area contributed by atoms with Crippen molar-refractivity contribution in [1.82, 2.24) is 0 Å². The number of nitrogens with zero attached hydrogens (tertiary/aromatic N) is 1. The van der Waals surface area contributed by atoms with Crippen molar-refractivity contribution < 1.29 is 9.66 Å². The number of hydrogen-bond acceptors (Lipinski definition) is 5. The molecule has 3 rings (SSSR count). The molecule has 1 aliphatic rings. The van der Waals surface area contributed by atoms with Gasteiger partial charge >= 0.3 is 0 Å². The molecule has 0 aliphatic carbocycles. The molecule has 2 aromatic carbocycles. The quantitative estimate of drug-likeness (QED) is 0.514. The van der Waals surface area contributed by atoms with Crippen LogP contribution in [0.3, 0.4) is 0 Å². The van der Waals surface area contributed by atoms with Crippen LogP contribution in [0.25, 0.3) is 0 Å². The molecule has 1 heterocycles. The van der Waals surface area contributed by atoms with E-state index in [4.69, 9.17) is 10.5 Å². The Morgan fingerprint density at radius 3 is 2.91 bits per heavy atom. The smallest absolute Gasteiger partial charge is 0.292 e. The fourth-order valence-corrected chi connectivity index (χ4v) is 2.78. The molecule has 0 fully saturated rings. The first kappa shape index (κ1) is 14.2. The summed E-state index contributed by atoms with van der Waals surface area (Å²) in [6.45, 7) is 2.55. The first-order chi connectivity index (χ1) is 10.6. The number of nitro benzene ring substituents is 1. The van der Waals surface area contributed by atoms with Gasteiger partial charge in [0, 0.05) is 29.3 Å². The zero-order valence-corrected chi connectivity index (χ0v) is 12.2. The van der Waals surface area contributed by atoms with Crippen molar-refractivity contribution in [3.05, 3.63) is 58.1 Å². The van der Waals surface area contributed by atoms with Crippen LogP contribution in [-0.2, 0) is 0 Å². The number of nitrogens with two attached hydrogens (primary N) is 1. The lowest BCUT2D eigenvalue weighted by Gasteiger charge is -2.21. The van der Waals surface area contributed by atoms with Crippen LogP contribution < -0.4 is 15.8 Å². The summed E-state index contributed by atoms with van der Waals surface area (Å²) in [6, 6.07) is 12.4. The van der Waals surface area contributed by atoms with E-state index < -0.39 is 4.92 Å². The number of nitrogen functional groups attached to an aromatic ring is 1. The SMILES string of the molecule is C[C@H](Nc1cc(N)ccc1[N+](=O)[O-])[C@@H]1COc2ccccc21. The number of fused-ring (bicyclic) bond motifs is 1. The first-order valence-corrected chi connectivity index (χ1v) is 7.08. The molecule has 3 N–H and O–H groups in total. The van der Waals surface area contributed by atoms with Gasteiger partial charge in [0.1, 0.15) is 11.4 Å². The molecule has 6 heteroatoms. The molecule has 2 atom stereocenters. The second kappa shape index (κ2) is 5.55. The normalized spacial score (nSPS) is 17.4. The van der Waals surface area contributed by atoms with Crippen LogP contribution in [0.1, 0.15) is 18.4 Å². The third-order valence-corrected chi connectivity index (χ3v) is 3.94. The van der Waals surface area contributed by atoms with Gasteiger partial charge < -0.3 is 15.8 Å². The minimum Gasteiger partial charge on any atom is -0.493 e. The van der Waals surface area contributed by atoms with Crippen molar-refractivity contribution in [1.29, 1.82) is 0 Å². The van der Waals surface area contributed by atoms with Gasteiger partial charge in [0.25, 0.3) is 5.69 Å². The number of benzene rings is 2. The summed E-state index contributed by atoms with van der Waals surface area (Å²) in [5, 5.41) is 14.3. The van der Waals surface area contributed by atoms with Gasteiger partial charge in [-0.25, -0.2) is 0 Å². The Morgan fingerprint density at radius 2 is 2.14 bits per heavy atom. The van der Waals surface area contributed by atoms with Crippen molar-refractivity contribution in [2.24, 2.45) is 0 Å². The van der Waals surface area contributed by atoms with Crippen LogP contribution in [0.2, 0.25) is 0 Å². The van der Waals surface area contributed by atoms with Crippen molar-refractivity contribution in [3.63, 3.8) is 0 Å². The second-order valence-electron chi connectivity index (χ2n) is 5.42. The Labute approximate surface area is 128 Å². The Balaban J connectivity index is 1.85. The van der Waals surface area contributed by atoms with E-state index in [1.54, 1.807) is 6.07 Å². The number of para-hydroxylation sites is 1. The highest BCUT2D eigenvalue weighted by molar-refractivity contribution is 5.68. The van der Waals surface area contributed by atoms with Crippen molar-refractivity contribution >= 4 is 17.1 Å². The highest BCUT2D eigenvalue weighted by atomic mass is 16.6. The third kappa shape index (κ3) is 2.55. The molecule has 0 bridgehead atoms. The number of nitrogens with one attached hydrogen (secondary N) is 1. The Kier molecular flexibility index (Phi) is 3.58. The van der Waals surface area contributed by atoms with Gasteiger partial charge in [-0.15, -0.1) is 0 Å². The maximum atomic E-state index is 11.1. The summed E-state index contributed by atoms with van der Waals surface area (Å²) in [6.07, 6.45) is 0. The highest BCUT2D eigenvalue weighted by Gasteiger charge is 2.29. The Bertz CT molecular complexity index is 718. The van der Waals surface area contributed by atoms with E-state index >= 15 is 0 Å². The van der Waals surface area contributed by atoms with Gasteiger partial charge in [-0.2, -0.15) is 0 Å². The summed E-state index contributed by atoms with van der Waals surface area (Å²) in [5.74, 6) is 1.01. The van der Waals surface area contributed by atoms with E-state index in [2.05, 4.69) is 5.32 Å². The minimum absolute atomic E-state index is 0.0215. The molecule has 0 radical (unpaired) electrons. The van der Waals surface area contributed by atoms with Gasteiger partial charge in [0.05, 0.1) is 11.5 Å². The molecule has 0 unspecified atom stereocenters. The van der Waals surface area contributed by atoms with Gasteiger partial charge in [0.15, 0.2) is 0 Å². The summed E-state index contributed by atoms with van der Waals surface area (Å²) in [4.78, 5) is 10.7. The maximum absolute atomic E-state index is 11.1. The van der Waals surface area contributed by atoms with Gasteiger partial charge in [-0.05, 0) is 25.1 Å². The molecule has 0 aromatic heterocycles. The fourth-order valence-electron chi connectivity index (χ4n) is 2.78. The lowest BCUT2D eigenvalue weighted by Crippen LogP contribution is -2.25. The van der Waals surface area contributed by atoms with E-state index in [0.29, 0.717) is 18.0 Å². The van der Waals surface area contributed by atoms with E-state index in [0.717, 1.165) is 11.3 Å². The van der Waals surface area contributed by atoms with Crippen molar-refractivity contribution in [2.75, 3.05) is 17.7 Å². The van der Waals surface area contributed by atoms with E-state index in [1.165, 1.54) is 12.1 Å². The van der Waals surface area contributed by atoms with Crippen LogP contribution in [0, 0.1) is 10.1 Å². The minimum atomic E-state index is -0.409. The molecule has 1 aliphatic heterocycles. The number of nitro groups is 1. The molecule has 114 valence electrons. The predicted octanol–water partition coefficient (Wildman–Crippen LogP) is 3.15. The maximum Gasteiger partial charge on any atom is 0.292 e. The lowest BCUT2D eigenvalue weighted by molar-refractivity contribution is -0.384. The molecule has 0 saturated carbocycles. The van der Waals surface area contributed by atoms with Gasteiger partial charge in [-0.1, -0.05) is 18.2 Å². The predicted molar refractivity (Wildman–Crippen MR) is 85.3 cm³/mol. The van der Waals surface area contributed by atoms with E-state index in [-0.39, 0.29) is 17.6 Å². The molecular weight excluding hydrogens is 282 g/mol.